The Morgan fingerprint density at radius 3 is 2.33 bits per heavy atom. The summed E-state index contributed by atoms with van der Waals surface area (Å²) in [6.45, 7) is 6.24. The summed E-state index contributed by atoms with van der Waals surface area (Å²) in [5, 5.41) is 3.00. The third-order valence-corrected chi connectivity index (χ3v) is 7.15. The summed E-state index contributed by atoms with van der Waals surface area (Å²) in [6.07, 6.45) is 2.54. The van der Waals surface area contributed by atoms with E-state index < -0.39 is 0 Å². The van der Waals surface area contributed by atoms with E-state index in [4.69, 9.17) is 23.9 Å². The third-order valence-electron chi connectivity index (χ3n) is 7.15. The number of benzene rings is 3. The van der Waals surface area contributed by atoms with Crippen LogP contribution in [0.5, 0.6) is 23.0 Å². The number of rotatable bonds is 14. The number of hydrogen-bond donors (Lipinski definition) is 1. The van der Waals surface area contributed by atoms with Crippen molar-refractivity contribution in [2.75, 3.05) is 34.5 Å². The summed E-state index contributed by atoms with van der Waals surface area (Å²) in [6, 6.07) is 19.8. The minimum Gasteiger partial charge on any atom is -0.494 e. The van der Waals surface area contributed by atoms with Crippen molar-refractivity contribution < 1.29 is 23.7 Å². The molecular formula is C32H39N3O5. The van der Waals surface area contributed by atoms with Crippen molar-refractivity contribution >= 4 is 16.9 Å². The molecule has 1 aromatic heterocycles. The summed E-state index contributed by atoms with van der Waals surface area (Å²) in [5.74, 6) is 3.44. The molecule has 40 heavy (non-hydrogen) atoms. The molecule has 0 radical (unpaired) electrons. The Morgan fingerprint density at radius 2 is 1.68 bits per heavy atom. The lowest BCUT2D eigenvalue weighted by Crippen LogP contribution is -2.26. The van der Waals surface area contributed by atoms with Crippen molar-refractivity contribution in [1.82, 2.24) is 14.9 Å². The van der Waals surface area contributed by atoms with Crippen molar-refractivity contribution in [2.24, 2.45) is 0 Å². The Bertz CT molecular complexity index is 1390. The highest BCUT2D eigenvalue weighted by molar-refractivity contribution is 5.95. The maximum Gasteiger partial charge on any atom is 0.251 e. The van der Waals surface area contributed by atoms with E-state index in [0.717, 1.165) is 42.0 Å². The highest BCUT2D eigenvalue weighted by atomic mass is 16.5. The standard InChI is InChI=1S/C32H39N3O5/c1-6-22(2)23-12-14-25(15-13-23)40-19-9-18-35-27-11-8-7-10-26(27)34-30(35)16-17-33-32(36)24-20-28(37-3)31(39-5)29(21-24)38-4/h7-8,10-15,20-22H,6,9,16-19H2,1-5H3,(H,33,36). The molecule has 4 aromatic rings. The smallest absolute Gasteiger partial charge is 0.251 e. The molecule has 8 heteroatoms. The summed E-state index contributed by atoms with van der Waals surface area (Å²) in [7, 11) is 4.58. The lowest BCUT2D eigenvalue weighted by molar-refractivity contribution is 0.0953. The molecule has 3 aromatic carbocycles. The fraction of sp³-hybridized carbons (Fsp3) is 0.375. The molecule has 0 saturated carbocycles. The van der Waals surface area contributed by atoms with Crippen LogP contribution in [0.25, 0.3) is 11.0 Å². The number of amides is 1. The Hall–Kier alpha value is -4.20. The second kappa shape index (κ2) is 13.7. The summed E-state index contributed by atoms with van der Waals surface area (Å²) >= 11 is 0. The predicted molar refractivity (Wildman–Crippen MR) is 157 cm³/mol. The molecule has 0 fully saturated rings. The van der Waals surface area contributed by atoms with Crippen LogP contribution in [0, 0.1) is 0 Å². The van der Waals surface area contributed by atoms with Crippen LogP contribution in [0.15, 0.2) is 60.7 Å². The van der Waals surface area contributed by atoms with E-state index in [9.17, 15) is 4.79 Å². The van der Waals surface area contributed by atoms with Crippen molar-refractivity contribution in [2.45, 2.75) is 45.6 Å². The number of carbonyl (C=O) groups is 1. The van der Waals surface area contributed by atoms with Crippen molar-refractivity contribution in [3.63, 3.8) is 0 Å². The fourth-order valence-corrected chi connectivity index (χ4v) is 4.71. The average molecular weight is 546 g/mol. The molecule has 1 N–H and O–H groups in total. The maximum absolute atomic E-state index is 12.9. The molecule has 1 heterocycles. The van der Waals surface area contributed by atoms with Crippen LogP contribution in [0.2, 0.25) is 0 Å². The van der Waals surface area contributed by atoms with E-state index in [2.05, 4.69) is 54.1 Å². The molecule has 8 nitrogen and oxygen atoms in total. The van der Waals surface area contributed by atoms with E-state index in [-0.39, 0.29) is 5.91 Å². The number of aromatic nitrogens is 2. The van der Waals surface area contributed by atoms with Crippen molar-refractivity contribution in [1.29, 1.82) is 0 Å². The molecular weight excluding hydrogens is 506 g/mol. The van der Waals surface area contributed by atoms with Gasteiger partial charge in [0.25, 0.3) is 5.91 Å². The molecule has 1 amide bonds. The number of imidazole rings is 1. The first-order valence-electron chi connectivity index (χ1n) is 13.7. The van der Waals surface area contributed by atoms with Gasteiger partial charge in [-0.25, -0.2) is 4.98 Å². The van der Waals surface area contributed by atoms with Crippen LogP contribution < -0.4 is 24.3 Å². The summed E-state index contributed by atoms with van der Waals surface area (Å²) in [4.78, 5) is 17.8. The SMILES string of the molecule is CCC(C)c1ccc(OCCCn2c(CCNC(=O)c3cc(OC)c(OC)c(OC)c3)nc3ccccc32)cc1. The lowest BCUT2D eigenvalue weighted by Gasteiger charge is -2.14. The molecule has 0 bridgehead atoms. The van der Waals surface area contributed by atoms with Gasteiger partial charge in [-0.3, -0.25) is 4.79 Å². The number of carbonyl (C=O) groups excluding carboxylic acids is 1. The van der Waals surface area contributed by atoms with E-state index in [1.807, 2.05) is 18.2 Å². The second-order valence-corrected chi connectivity index (χ2v) is 9.67. The topological polar surface area (TPSA) is 83.8 Å². The van der Waals surface area contributed by atoms with Crippen LogP contribution in [0.1, 0.15) is 54.4 Å². The van der Waals surface area contributed by atoms with Gasteiger partial charge in [-0.1, -0.05) is 38.1 Å². The number of nitrogens with one attached hydrogen (secondary N) is 1. The molecule has 212 valence electrons. The zero-order chi connectivity index (χ0) is 28.5. The van der Waals surface area contributed by atoms with Gasteiger partial charge in [0, 0.05) is 25.1 Å². The monoisotopic (exact) mass is 545 g/mol. The van der Waals surface area contributed by atoms with Gasteiger partial charge in [-0.15, -0.1) is 0 Å². The average Bonchev–Trinajstić information content (AvgIpc) is 3.35. The molecule has 1 unspecified atom stereocenters. The van der Waals surface area contributed by atoms with E-state index in [0.29, 0.717) is 48.3 Å². The molecule has 0 aliphatic rings. The summed E-state index contributed by atoms with van der Waals surface area (Å²) < 4.78 is 24.4. The van der Waals surface area contributed by atoms with Crippen LogP contribution in [-0.4, -0.2) is 49.9 Å². The summed E-state index contributed by atoms with van der Waals surface area (Å²) in [5.41, 5.74) is 3.78. The molecule has 0 aliphatic heterocycles. The number of hydrogen-bond acceptors (Lipinski definition) is 6. The Labute approximate surface area is 236 Å². The zero-order valence-electron chi connectivity index (χ0n) is 24.0. The number of para-hydroxylation sites is 2. The third kappa shape index (κ3) is 6.68. The number of fused-ring (bicyclic) bond motifs is 1. The van der Waals surface area contributed by atoms with Gasteiger partial charge in [0.15, 0.2) is 11.5 Å². The number of nitrogens with zero attached hydrogens (tertiary/aromatic N) is 2. The van der Waals surface area contributed by atoms with Crippen LogP contribution in [-0.2, 0) is 13.0 Å². The molecule has 1 atom stereocenters. The number of aryl methyl sites for hydroxylation is 1. The van der Waals surface area contributed by atoms with Gasteiger partial charge < -0.3 is 28.8 Å². The maximum atomic E-state index is 12.9. The van der Waals surface area contributed by atoms with Gasteiger partial charge in [0.1, 0.15) is 11.6 Å². The molecule has 0 saturated heterocycles. The largest absolute Gasteiger partial charge is 0.494 e. The Balaban J connectivity index is 1.37. The Kier molecular flexibility index (Phi) is 9.89. The fourth-order valence-electron chi connectivity index (χ4n) is 4.71. The van der Waals surface area contributed by atoms with Crippen molar-refractivity contribution in [3.8, 4) is 23.0 Å². The second-order valence-electron chi connectivity index (χ2n) is 9.67. The highest BCUT2D eigenvalue weighted by Gasteiger charge is 2.17. The number of ether oxygens (including phenoxy) is 4. The first kappa shape index (κ1) is 28.8. The first-order chi connectivity index (χ1) is 19.5. The quantitative estimate of drug-likeness (QED) is 0.195. The molecule has 0 spiro atoms. The van der Waals surface area contributed by atoms with Gasteiger partial charge in [-0.2, -0.15) is 0 Å². The van der Waals surface area contributed by atoms with Gasteiger partial charge in [0.2, 0.25) is 5.75 Å². The van der Waals surface area contributed by atoms with Crippen molar-refractivity contribution in [3.05, 3.63) is 77.6 Å². The van der Waals surface area contributed by atoms with Crippen LogP contribution >= 0.6 is 0 Å². The minimum atomic E-state index is -0.227. The normalized spacial score (nSPS) is 11.7. The Morgan fingerprint density at radius 1 is 0.975 bits per heavy atom. The van der Waals surface area contributed by atoms with Crippen LogP contribution in [0.4, 0.5) is 0 Å². The van der Waals surface area contributed by atoms with Gasteiger partial charge >= 0.3 is 0 Å². The van der Waals surface area contributed by atoms with Gasteiger partial charge in [-0.05, 0) is 60.7 Å². The van der Waals surface area contributed by atoms with E-state index >= 15 is 0 Å². The molecule has 0 aliphatic carbocycles. The lowest BCUT2D eigenvalue weighted by atomic mass is 9.99. The number of methoxy groups -OCH3 is 3. The predicted octanol–water partition coefficient (Wildman–Crippen LogP) is 6.02. The van der Waals surface area contributed by atoms with Crippen LogP contribution in [0.3, 0.4) is 0 Å². The van der Waals surface area contributed by atoms with E-state index in [1.165, 1.54) is 26.9 Å². The first-order valence-corrected chi connectivity index (χ1v) is 13.7. The van der Waals surface area contributed by atoms with E-state index in [1.54, 1.807) is 12.1 Å². The van der Waals surface area contributed by atoms with Gasteiger partial charge in [0.05, 0.1) is 39.0 Å². The highest BCUT2D eigenvalue weighted by Crippen LogP contribution is 2.38. The zero-order valence-corrected chi connectivity index (χ0v) is 24.0. The minimum absolute atomic E-state index is 0.227. The molecule has 4 rings (SSSR count).